The van der Waals surface area contributed by atoms with Crippen LogP contribution in [0.5, 0.6) is 0 Å². The molecule has 2 amide bonds. The summed E-state index contributed by atoms with van der Waals surface area (Å²) in [5, 5.41) is 2.45. The molecule has 21 heavy (non-hydrogen) atoms. The van der Waals surface area contributed by atoms with Crippen molar-refractivity contribution in [3.63, 3.8) is 0 Å². The van der Waals surface area contributed by atoms with Gasteiger partial charge in [-0.2, -0.15) is 0 Å². The first-order valence-corrected chi connectivity index (χ1v) is 7.18. The number of rotatable bonds is 3. The second-order valence-electron chi connectivity index (χ2n) is 5.80. The lowest BCUT2D eigenvalue weighted by molar-refractivity contribution is -0.121. The Hall–Kier alpha value is -2.24. The van der Waals surface area contributed by atoms with Crippen molar-refractivity contribution in [3.05, 3.63) is 29.5 Å². The monoisotopic (exact) mass is 286 g/mol. The quantitative estimate of drug-likeness (QED) is 0.873. The van der Waals surface area contributed by atoms with E-state index in [1.165, 1.54) is 0 Å². The third-order valence-corrected chi connectivity index (χ3v) is 3.65. The van der Waals surface area contributed by atoms with Gasteiger partial charge >= 0.3 is 0 Å². The zero-order valence-corrected chi connectivity index (χ0v) is 12.4. The van der Waals surface area contributed by atoms with Crippen molar-refractivity contribution in [1.82, 2.24) is 19.7 Å². The smallest absolute Gasteiger partial charge is 0.261 e. The highest BCUT2D eigenvalue weighted by Gasteiger charge is 2.31. The summed E-state index contributed by atoms with van der Waals surface area (Å²) in [6.07, 6.45) is 3.49. The van der Waals surface area contributed by atoms with Crippen molar-refractivity contribution >= 4 is 17.5 Å². The Bertz CT molecular complexity index is 729. The zero-order valence-electron chi connectivity index (χ0n) is 12.4. The van der Waals surface area contributed by atoms with Crippen LogP contribution in [0.2, 0.25) is 0 Å². The maximum Gasteiger partial charge on any atom is 0.261 e. The van der Waals surface area contributed by atoms with E-state index >= 15 is 0 Å². The Balaban J connectivity index is 1.98. The highest BCUT2D eigenvalue weighted by atomic mass is 16.2. The molecule has 0 spiro atoms. The van der Waals surface area contributed by atoms with Crippen molar-refractivity contribution in [2.75, 3.05) is 0 Å². The molecule has 0 saturated heterocycles. The minimum absolute atomic E-state index is 0.00502. The molecule has 2 heterocycles. The molecule has 1 fully saturated rings. The molecule has 1 saturated carbocycles. The highest BCUT2D eigenvalue weighted by Crippen LogP contribution is 2.29. The maximum atomic E-state index is 12.2. The number of nitrogens with one attached hydrogen (secondary N) is 1. The summed E-state index contributed by atoms with van der Waals surface area (Å²) in [7, 11) is 0. The number of imide groups is 1. The van der Waals surface area contributed by atoms with Crippen LogP contribution in [0.15, 0.2) is 12.3 Å². The summed E-state index contributed by atoms with van der Waals surface area (Å²) < 4.78 is 1.77. The summed E-state index contributed by atoms with van der Waals surface area (Å²) >= 11 is 0. The van der Waals surface area contributed by atoms with Crippen LogP contribution in [0.1, 0.15) is 54.6 Å². The summed E-state index contributed by atoms with van der Waals surface area (Å²) in [4.78, 5) is 32.9. The largest absolute Gasteiger partial charge is 0.292 e. The third kappa shape index (κ3) is 2.53. The van der Waals surface area contributed by atoms with E-state index in [9.17, 15) is 9.59 Å². The van der Waals surface area contributed by atoms with E-state index in [1.54, 1.807) is 16.7 Å². The minimum atomic E-state index is -0.387. The predicted molar refractivity (Wildman–Crippen MR) is 77.0 cm³/mol. The molecule has 6 nitrogen and oxygen atoms in total. The van der Waals surface area contributed by atoms with Crippen molar-refractivity contribution in [2.24, 2.45) is 5.92 Å². The lowest BCUT2D eigenvalue weighted by Crippen LogP contribution is -2.31. The SMILES string of the molecule is Cc1nc(C(C)C)nc2c(C(=O)NC(=O)C3CC3)ccn12. The number of aryl methyl sites for hydroxylation is 1. The molecule has 1 aliphatic carbocycles. The van der Waals surface area contributed by atoms with E-state index in [1.807, 2.05) is 20.8 Å². The van der Waals surface area contributed by atoms with Gasteiger partial charge in [-0.05, 0) is 25.8 Å². The van der Waals surface area contributed by atoms with Crippen molar-refractivity contribution in [3.8, 4) is 0 Å². The summed E-state index contributed by atoms with van der Waals surface area (Å²) in [6.45, 7) is 5.88. The number of hydrogen-bond acceptors (Lipinski definition) is 4. The van der Waals surface area contributed by atoms with Crippen LogP contribution in [-0.4, -0.2) is 26.2 Å². The van der Waals surface area contributed by atoms with E-state index in [0.717, 1.165) is 18.7 Å². The molecule has 0 aliphatic heterocycles. The number of amides is 2. The van der Waals surface area contributed by atoms with Gasteiger partial charge in [-0.1, -0.05) is 13.8 Å². The molecule has 3 rings (SSSR count). The van der Waals surface area contributed by atoms with Crippen LogP contribution < -0.4 is 5.32 Å². The van der Waals surface area contributed by atoms with Crippen molar-refractivity contribution in [2.45, 2.75) is 39.5 Å². The van der Waals surface area contributed by atoms with Crippen LogP contribution >= 0.6 is 0 Å². The van der Waals surface area contributed by atoms with Crippen molar-refractivity contribution in [1.29, 1.82) is 0 Å². The average Bonchev–Trinajstić information content (AvgIpc) is 3.18. The molecule has 1 N–H and O–H groups in total. The van der Waals surface area contributed by atoms with Gasteiger partial charge in [0.2, 0.25) is 5.91 Å². The maximum absolute atomic E-state index is 12.2. The van der Waals surface area contributed by atoms with Gasteiger partial charge in [-0.15, -0.1) is 0 Å². The number of nitrogens with zero attached hydrogens (tertiary/aromatic N) is 3. The van der Waals surface area contributed by atoms with E-state index in [4.69, 9.17) is 0 Å². The van der Waals surface area contributed by atoms with Gasteiger partial charge in [-0.3, -0.25) is 19.3 Å². The number of carbonyl (C=O) groups excluding carboxylic acids is 2. The lowest BCUT2D eigenvalue weighted by atomic mass is 10.2. The molecule has 2 aromatic rings. The van der Waals surface area contributed by atoms with Crippen LogP contribution in [0.4, 0.5) is 0 Å². The minimum Gasteiger partial charge on any atom is -0.292 e. The second-order valence-corrected chi connectivity index (χ2v) is 5.80. The number of aromatic nitrogens is 3. The van der Waals surface area contributed by atoms with Gasteiger partial charge in [0.25, 0.3) is 5.91 Å². The van der Waals surface area contributed by atoms with E-state index in [0.29, 0.717) is 17.0 Å². The van der Waals surface area contributed by atoms with Gasteiger partial charge in [-0.25, -0.2) is 9.97 Å². The van der Waals surface area contributed by atoms with Gasteiger partial charge in [0, 0.05) is 18.0 Å². The summed E-state index contributed by atoms with van der Waals surface area (Å²) in [6, 6.07) is 1.68. The topological polar surface area (TPSA) is 76.4 Å². The van der Waals surface area contributed by atoms with Gasteiger partial charge in [0.1, 0.15) is 11.6 Å². The Labute approximate surface area is 122 Å². The molecule has 0 atom stereocenters. The second kappa shape index (κ2) is 4.95. The molecule has 6 heteroatoms. The van der Waals surface area contributed by atoms with E-state index in [-0.39, 0.29) is 23.7 Å². The first-order valence-electron chi connectivity index (χ1n) is 7.18. The standard InChI is InChI=1S/C15H18N4O2/c1-8(2)12-16-9(3)19-7-6-11(13(19)17-12)15(21)18-14(20)10-4-5-10/h6-8,10H,4-5H2,1-3H3,(H,18,20,21). The molecule has 0 bridgehead atoms. The lowest BCUT2D eigenvalue weighted by Gasteiger charge is -2.08. The molecule has 2 aromatic heterocycles. The Morgan fingerprint density at radius 3 is 2.67 bits per heavy atom. The molecule has 110 valence electrons. The first-order chi connectivity index (χ1) is 9.97. The normalized spacial score (nSPS) is 14.7. The Morgan fingerprint density at radius 1 is 1.33 bits per heavy atom. The van der Waals surface area contributed by atoms with Gasteiger partial charge in [0.15, 0.2) is 5.65 Å². The number of hydrogen-bond donors (Lipinski definition) is 1. The number of carbonyl (C=O) groups is 2. The molecule has 0 radical (unpaired) electrons. The molecule has 0 unspecified atom stereocenters. The van der Waals surface area contributed by atoms with Gasteiger partial charge in [0.05, 0.1) is 5.56 Å². The van der Waals surface area contributed by atoms with Crippen LogP contribution in [0, 0.1) is 12.8 Å². The van der Waals surface area contributed by atoms with Crippen LogP contribution in [0.25, 0.3) is 5.65 Å². The molecule has 0 aromatic carbocycles. The fraction of sp³-hybridized carbons (Fsp3) is 0.467. The first kappa shape index (κ1) is 13.7. The molecule has 1 aliphatic rings. The zero-order chi connectivity index (χ0) is 15.1. The number of fused-ring (bicyclic) bond motifs is 1. The van der Waals surface area contributed by atoms with Gasteiger partial charge < -0.3 is 0 Å². The summed E-state index contributed by atoms with van der Waals surface area (Å²) in [5.41, 5.74) is 0.962. The third-order valence-electron chi connectivity index (χ3n) is 3.65. The van der Waals surface area contributed by atoms with Crippen LogP contribution in [0.3, 0.4) is 0 Å². The van der Waals surface area contributed by atoms with Crippen LogP contribution in [-0.2, 0) is 4.79 Å². The molecular weight excluding hydrogens is 268 g/mol. The van der Waals surface area contributed by atoms with Crippen molar-refractivity contribution < 1.29 is 9.59 Å². The highest BCUT2D eigenvalue weighted by molar-refractivity contribution is 6.09. The average molecular weight is 286 g/mol. The Kier molecular flexibility index (Phi) is 3.23. The molecular formula is C15H18N4O2. The van der Waals surface area contributed by atoms with E-state index in [2.05, 4.69) is 15.3 Å². The fourth-order valence-electron chi connectivity index (χ4n) is 2.21. The summed E-state index contributed by atoms with van der Waals surface area (Å²) in [5.74, 6) is 1.08. The van der Waals surface area contributed by atoms with E-state index < -0.39 is 0 Å². The fourth-order valence-corrected chi connectivity index (χ4v) is 2.21. The Morgan fingerprint density at radius 2 is 2.05 bits per heavy atom. The predicted octanol–water partition coefficient (Wildman–Crippen LogP) is 1.83.